The van der Waals surface area contributed by atoms with Gasteiger partial charge < -0.3 is 15.1 Å². The second-order valence-electron chi connectivity index (χ2n) is 5.50. The standard InChI is InChI=1S/C16H22N4O3/c1-11-9-12(2)20(19-11)7-4-6-17-15(21)13(3)18-16(22)14-5-8-23-10-14/h5,8-10,13H,4,6-7H2,1-3H3,(H,17,21)(H,18,22). The molecule has 0 aliphatic carbocycles. The summed E-state index contributed by atoms with van der Waals surface area (Å²) in [4.78, 5) is 23.8. The van der Waals surface area contributed by atoms with Crippen molar-refractivity contribution in [1.29, 1.82) is 0 Å². The minimum absolute atomic E-state index is 0.213. The summed E-state index contributed by atoms with van der Waals surface area (Å²) in [6, 6.07) is 2.96. The summed E-state index contributed by atoms with van der Waals surface area (Å²) >= 11 is 0. The molecule has 2 N–H and O–H groups in total. The molecule has 7 nitrogen and oxygen atoms in total. The van der Waals surface area contributed by atoms with Crippen LogP contribution in [-0.2, 0) is 11.3 Å². The van der Waals surface area contributed by atoms with E-state index in [-0.39, 0.29) is 11.8 Å². The fraction of sp³-hybridized carbons (Fsp3) is 0.438. The monoisotopic (exact) mass is 318 g/mol. The van der Waals surface area contributed by atoms with Gasteiger partial charge in [-0.05, 0) is 39.3 Å². The predicted molar refractivity (Wildman–Crippen MR) is 85.0 cm³/mol. The van der Waals surface area contributed by atoms with Crippen LogP contribution in [-0.4, -0.2) is 34.2 Å². The van der Waals surface area contributed by atoms with Crippen molar-refractivity contribution in [3.8, 4) is 0 Å². The molecule has 0 aromatic carbocycles. The van der Waals surface area contributed by atoms with Gasteiger partial charge in [-0.3, -0.25) is 14.3 Å². The van der Waals surface area contributed by atoms with Crippen LogP contribution in [0.15, 0.2) is 29.1 Å². The Morgan fingerprint density at radius 2 is 2.17 bits per heavy atom. The van der Waals surface area contributed by atoms with E-state index in [0.717, 1.165) is 24.4 Å². The summed E-state index contributed by atoms with van der Waals surface area (Å²) in [7, 11) is 0. The highest BCUT2D eigenvalue weighted by atomic mass is 16.3. The van der Waals surface area contributed by atoms with Gasteiger partial charge in [-0.1, -0.05) is 0 Å². The number of nitrogens with zero attached hydrogens (tertiary/aromatic N) is 2. The number of hydrogen-bond donors (Lipinski definition) is 2. The van der Waals surface area contributed by atoms with Crippen LogP contribution < -0.4 is 10.6 Å². The Hall–Kier alpha value is -2.57. The van der Waals surface area contributed by atoms with Crippen LogP contribution in [0.25, 0.3) is 0 Å². The van der Waals surface area contributed by atoms with E-state index >= 15 is 0 Å². The van der Waals surface area contributed by atoms with E-state index in [2.05, 4.69) is 15.7 Å². The first-order valence-electron chi connectivity index (χ1n) is 7.59. The molecule has 2 aromatic rings. The summed E-state index contributed by atoms with van der Waals surface area (Å²) in [5, 5.41) is 9.80. The normalized spacial score (nSPS) is 12.0. The van der Waals surface area contributed by atoms with Gasteiger partial charge >= 0.3 is 0 Å². The van der Waals surface area contributed by atoms with Gasteiger partial charge in [-0.25, -0.2) is 0 Å². The third kappa shape index (κ3) is 4.70. The van der Waals surface area contributed by atoms with E-state index in [1.54, 1.807) is 13.0 Å². The first kappa shape index (κ1) is 16.8. The molecule has 7 heteroatoms. The van der Waals surface area contributed by atoms with Crippen LogP contribution in [0.5, 0.6) is 0 Å². The maximum absolute atomic E-state index is 12.0. The van der Waals surface area contributed by atoms with Gasteiger partial charge in [0.2, 0.25) is 5.91 Å². The molecule has 124 valence electrons. The zero-order chi connectivity index (χ0) is 16.8. The summed E-state index contributed by atoms with van der Waals surface area (Å²) in [5.74, 6) is -0.542. The summed E-state index contributed by atoms with van der Waals surface area (Å²) < 4.78 is 6.76. The summed E-state index contributed by atoms with van der Waals surface area (Å²) in [6.45, 7) is 6.88. The highest BCUT2D eigenvalue weighted by molar-refractivity contribution is 5.97. The van der Waals surface area contributed by atoms with Gasteiger partial charge in [0.15, 0.2) is 0 Å². The van der Waals surface area contributed by atoms with Crippen molar-refractivity contribution >= 4 is 11.8 Å². The highest BCUT2D eigenvalue weighted by Crippen LogP contribution is 2.02. The molecular formula is C16H22N4O3. The fourth-order valence-corrected chi connectivity index (χ4v) is 2.23. The molecule has 2 amide bonds. The Morgan fingerprint density at radius 1 is 1.39 bits per heavy atom. The Kier molecular flexibility index (Phi) is 5.56. The van der Waals surface area contributed by atoms with Crippen LogP contribution in [0.1, 0.15) is 35.1 Å². The van der Waals surface area contributed by atoms with Crippen molar-refractivity contribution in [1.82, 2.24) is 20.4 Å². The number of carbonyl (C=O) groups excluding carboxylic acids is 2. The van der Waals surface area contributed by atoms with Crippen molar-refractivity contribution < 1.29 is 14.0 Å². The van der Waals surface area contributed by atoms with Crippen molar-refractivity contribution in [2.24, 2.45) is 0 Å². The molecule has 0 saturated heterocycles. The van der Waals surface area contributed by atoms with Gasteiger partial charge in [0.1, 0.15) is 12.3 Å². The largest absolute Gasteiger partial charge is 0.472 e. The average Bonchev–Trinajstić information content (AvgIpc) is 3.13. The van der Waals surface area contributed by atoms with Crippen LogP contribution in [0.3, 0.4) is 0 Å². The predicted octanol–water partition coefficient (Wildman–Crippen LogP) is 1.42. The SMILES string of the molecule is Cc1cc(C)n(CCCNC(=O)C(C)NC(=O)c2ccoc2)n1. The molecule has 0 fully saturated rings. The van der Waals surface area contributed by atoms with Gasteiger partial charge in [-0.2, -0.15) is 5.10 Å². The minimum Gasteiger partial charge on any atom is -0.472 e. The number of nitrogens with one attached hydrogen (secondary N) is 2. The van der Waals surface area contributed by atoms with Crippen molar-refractivity contribution in [2.45, 2.75) is 39.8 Å². The topological polar surface area (TPSA) is 89.2 Å². The lowest BCUT2D eigenvalue weighted by molar-refractivity contribution is -0.122. The van der Waals surface area contributed by atoms with Gasteiger partial charge in [0, 0.05) is 18.8 Å². The quantitative estimate of drug-likeness (QED) is 0.756. The van der Waals surface area contributed by atoms with Gasteiger partial charge in [0.25, 0.3) is 5.91 Å². The number of aryl methyl sites for hydroxylation is 3. The number of hydrogen-bond acceptors (Lipinski definition) is 4. The molecule has 0 aliphatic rings. The molecule has 0 saturated carbocycles. The lowest BCUT2D eigenvalue weighted by Crippen LogP contribution is -2.45. The average molecular weight is 318 g/mol. The van der Waals surface area contributed by atoms with Gasteiger partial charge in [-0.15, -0.1) is 0 Å². The molecule has 2 aromatic heterocycles. The van der Waals surface area contributed by atoms with E-state index < -0.39 is 6.04 Å². The number of aromatic nitrogens is 2. The molecular weight excluding hydrogens is 296 g/mol. The molecule has 1 atom stereocenters. The minimum atomic E-state index is -0.605. The molecule has 2 heterocycles. The Labute approximate surface area is 135 Å². The molecule has 1 unspecified atom stereocenters. The fourth-order valence-electron chi connectivity index (χ4n) is 2.23. The Balaban J connectivity index is 1.70. The van der Waals surface area contributed by atoms with Crippen molar-refractivity contribution in [3.63, 3.8) is 0 Å². The molecule has 0 radical (unpaired) electrons. The third-order valence-corrected chi connectivity index (χ3v) is 3.47. The third-order valence-electron chi connectivity index (χ3n) is 3.47. The van der Waals surface area contributed by atoms with Crippen LogP contribution in [0, 0.1) is 13.8 Å². The van der Waals surface area contributed by atoms with Gasteiger partial charge in [0.05, 0.1) is 17.5 Å². The molecule has 0 bridgehead atoms. The lowest BCUT2D eigenvalue weighted by atomic mass is 10.2. The Morgan fingerprint density at radius 3 is 2.78 bits per heavy atom. The molecule has 0 spiro atoms. The smallest absolute Gasteiger partial charge is 0.255 e. The van der Waals surface area contributed by atoms with E-state index in [9.17, 15) is 9.59 Å². The molecule has 23 heavy (non-hydrogen) atoms. The number of rotatable bonds is 7. The maximum Gasteiger partial charge on any atom is 0.255 e. The van der Waals surface area contributed by atoms with E-state index in [1.807, 2.05) is 24.6 Å². The van der Waals surface area contributed by atoms with Crippen LogP contribution in [0.4, 0.5) is 0 Å². The first-order chi connectivity index (χ1) is 11.0. The van der Waals surface area contributed by atoms with E-state index in [0.29, 0.717) is 12.1 Å². The second-order valence-corrected chi connectivity index (χ2v) is 5.50. The number of carbonyl (C=O) groups is 2. The summed E-state index contributed by atoms with van der Waals surface area (Å²) in [5.41, 5.74) is 2.49. The highest BCUT2D eigenvalue weighted by Gasteiger charge is 2.16. The van der Waals surface area contributed by atoms with E-state index in [4.69, 9.17) is 4.42 Å². The Bertz CT molecular complexity index is 661. The zero-order valence-corrected chi connectivity index (χ0v) is 13.6. The van der Waals surface area contributed by atoms with Crippen LogP contribution in [0.2, 0.25) is 0 Å². The van der Waals surface area contributed by atoms with Crippen molar-refractivity contribution in [3.05, 3.63) is 41.6 Å². The molecule has 0 aliphatic heterocycles. The van der Waals surface area contributed by atoms with Crippen LogP contribution >= 0.6 is 0 Å². The maximum atomic E-state index is 12.0. The lowest BCUT2D eigenvalue weighted by Gasteiger charge is -2.13. The number of furan rings is 1. The van der Waals surface area contributed by atoms with E-state index in [1.165, 1.54) is 12.5 Å². The zero-order valence-electron chi connectivity index (χ0n) is 13.6. The first-order valence-corrected chi connectivity index (χ1v) is 7.59. The molecule has 2 rings (SSSR count). The number of amides is 2. The summed E-state index contributed by atoms with van der Waals surface area (Å²) in [6.07, 6.45) is 3.53. The van der Waals surface area contributed by atoms with Crippen molar-refractivity contribution in [2.75, 3.05) is 6.54 Å². The second kappa shape index (κ2) is 7.62.